The molecule has 0 atom stereocenters. The van der Waals surface area contributed by atoms with Crippen LogP contribution in [0.4, 0.5) is 11.4 Å². The third-order valence-electron chi connectivity index (χ3n) is 2.76. The van der Waals surface area contributed by atoms with Crippen LogP contribution in [-0.4, -0.2) is 20.5 Å². The Morgan fingerprint density at radius 1 is 1.23 bits per heavy atom. The van der Waals surface area contributed by atoms with Gasteiger partial charge in [0.25, 0.3) is 15.7 Å². The van der Waals surface area contributed by atoms with Crippen molar-refractivity contribution in [1.29, 1.82) is 0 Å². The number of halogens is 1. The van der Waals surface area contributed by atoms with Gasteiger partial charge in [-0.3, -0.25) is 14.8 Å². The van der Waals surface area contributed by atoms with Crippen molar-refractivity contribution in [3.63, 3.8) is 0 Å². The highest BCUT2D eigenvalue weighted by Gasteiger charge is 2.21. The van der Waals surface area contributed by atoms with Crippen molar-refractivity contribution < 1.29 is 18.1 Å². The largest absolute Gasteiger partial charge is 0.495 e. The maximum Gasteiger partial charge on any atom is 0.271 e. The van der Waals surface area contributed by atoms with E-state index in [4.69, 9.17) is 16.3 Å². The molecule has 0 aliphatic heterocycles. The van der Waals surface area contributed by atoms with E-state index in [1.54, 1.807) is 6.07 Å². The van der Waals surface area contributed by atoms with Gasteiger partial charge in [-0.2, -0.15) is 0 Å². The fraction of sp³-hybridized carbons (Fsp3) is 0.0769. The lowest BCUT2D eigenvalue weighted by Gasteiger charge is -2.12. The summed E-state index contributed by atoms with van der Waals surface area (Å²) >= 11 is 5.87. The molecular weight excluding hydrogens is 332 g/mol. The Morgan fingerprint density at radius 3 is 2.50 bits per heavy atom. The zero-order valence-corrected chi connectivity index (χ0v) is 12.9. The van der Waals surface area contributed by atoms with Gasteiger partial charge >= 0.3 is 0 Å². The summed E-state index contributed by atoms with van der Waals surface area (Å²) in [4.78, 5) is 10.0. The summed E-state index contributed by atoms with van der Waals surface area (Å²) in [6.45, 7) is 0. The van der Waals surface area contributed by atoms with Crippen molar-refractivity contribution in [3.05, 3.63) is 57.6 Å². The molecule has 1 N–H and O–H groups in total. The second-order valence-corrected chi connectivity index (χ2v) is 6.24. The lowest BCUT2D eigenvalue weighted by Crippen LogP contribution is -2.14. The van der Waals surface area contributed by atoms with Gasteiger partial charge in [0.2, 0.25) is 0 Å². The van der Waals surface area contributed by atoms with Gasteiger partial charge in [0, 0.05) is 12.1 Å². The number of anilines is 1. The van der Waals surface area contributed by atoms with E-state index in [1.807, 2.05) is 0 Å². The average molecular weight is 343 g/mol. The number of hydrogen-bond donors (Lipinski definition) is 1. The monoisotopic (exact) mass is 342 g/mol. The molecule has 0 saturated heterocycles. The summed E-state index contributed by atoms with van der Waals surface area (Å²) < 4.78 is 32.0. The van der Waals surface area contributed by atoms with Gasteiger partial charge in [-0.05, 0) is 18.2 Å². The Morgan fingerprint density at radius 2 is 1.91 bits per heavy atom. The molecule has 0 aliphatic carbocycles. The fourth-order valence-electron chi connectivity index (χ4n) is 1.75. The smallest absolute Gasteiger partial charge is 0.271 e. The maximum absolute atomic E-state index is 12.4. The molecule has 116 valence electrons. The van der Waals surface area contributed by atoms with Crippen molar-refractivity contribution in [2.45, 2.75) is 4.90 Å². The molecular formula is C13H11ClN2O5S. The summed E-state index contributed by atoms with van der Waals surface area (Å²) in [6.07, 6.45) is 0. The third-order valence-corrected chi connectivity index (χ3v) is 4.63. The van der Waals surface area contributed by atoms with Crippen molar-refractivity contribution in [2.75, 3.05) is 11.8 Å². The first-order valence-corrected chi connectivity index (χ1v) is 7.81. The van der Waals surface area contributed by atoms with Crippen LogP contribution in [0.25, 0.3) is 0 Å². The van der Waals surface area contributed by atoms with Crippen LogP contribution in [0.5, 0.6) is 5.75 Å². The number of rotatable bonds is 5. The van der Waals surface area contributed by atoms with Crippen molar-refractivity contribution in [3.8, 4) is 5.75 Å². The van der Waals surface area contributed by atoms with Gasteiger partial charge in [-0.1, -0.05) is 23.7 Å². The molecule has 0 saturated carbocycles. The number of benzene rings is 2. The third kappa shape index (κ3) is 3.29. The van der Waals surface area contributed by atoms with E-state index in [2.05, 4.69) is 4.72 Å². The predicted octanol–water partition coefficient (Wildman–Crippen LogP) is 3.06. The van der Waals surface area contributed by atoms with Crippen LogP contribution in [0.3, 0.4) is 0 Å². The van der Waals surface area contributed by atoms with Crippen LogP contribution in [0, 0.1) is 10.1 Å². The SMILES string of the molecule is COc1ccc([N+](=O)[O-])cc1NS(=O)(=O)c1ccccc1Cl. The maximum atomic E-state index is 12.4. The molecule has 7 nitrogen and oxygen atoms in total. The van der Waals surface area contributed by atoms with E-state index in [9.17, 15) is 18.5 Å². The average Bonchev–Trinajstić information content (AvgIpc) is 2.47. The van der Waals surface area contributed by atoms with Gasteiger partial charge in [0.15, 0.2) is 0 Å². The number of sulfonamides is 1. The van der Waals surface area contributed by atoms with Crippen LogP contribution in [0.1, 0.15) is 0 Å². The van der Waals surface area contributed by atoms with Crippen LogP contribution in [0.15, 0.2) is 47.4 Å². The summed E-state index contributed by atoms with van der Waals surface area (Å²) in [5, 5.41) is 10.9. The molecule has 0 amide bonds. The topological polar surface area (TPSA) is 98.5 Å². The molecule has 0 spiro atoms. The number of nitro groups is 1. The standard InChI is InChI=1S/C13H11ClN2O5S/c1-21-12-7-6-9(16(17)18)8-11(12)15-22(19,20)13-5-3-2-4-10(13)14/h2-8,15H,1H3. The highest BCUT2D eigenvalue weighted by molar-refractivity contribution is 7.92. The summed E-state index contributed by atoms with van der Waals surface area (Å²) in [6, 6.07) is 9.47. The minimum atomic E-state index is -4.00. The van der Waals surface area contributed by atoms with Gasteiger partial charge in [-0.25, -0.2) is 8.42 Å². The van der Waals surface area contributed by atoms with E-state index in [1.165, 1.54) is 37.4 Å². The number of methoxy groups -OCH3 is 1. The summed E-state index contributed by atoms with van der Waals surface area (Å²) in [5.74, 6) is 0.154. The van der Waals surface area contributed by atoms with Crippen LogP contribution < -0.4 is 9.46 Å². The van der Waals surface area contributed by atoms with E-state index >= 15 is 0 Å². The lowest BCUT2D eigenvalue weighted by atomic mass is 10.2. The minimum absolute atomic E-state index is 0.0411. The Balaban J connectivity index is 2.47. The zero-order valence-electron chi connectivity index (χ0n) is 11.3. The summed E-state index contributed by atoms with van der Waals surface area (Å²) in [5.41, 5.74) is -0.311. The Bertz CT molecular complexity index is 823. The van der Waals surface area contributed by atoms with E-state index < -0.39 is 14.9 Å². The van der Waals surface area contributed by atoms with Crippen LogP contribution in [-0.2, 0) is 10.0 Å². The fourth-order valence-corrected chi connectivity index (χ4v) is 3.33. The first kappa shape index (κ1) is 16.1. The molecule has 0 bridgehead atoms. The lowest BCUT2D eigenvalue weighted by molar-refractivity contribution is -0.384. The molecule has 0 radical (unpaired) electrons. The Kier molecular flexibility index (Phi) is 4.53. The normalized spacial score (nSPS) is 11.0. The molecule has 2 aromatic carbocycles. The quantitative estimate of drug-likeness (QED) is 0.665. The van der Waals surface area contributed by atoms with E-state index in [-0.39, 0.29) is 27.0 Å². The van der Waals surface area contributed by atoms with E-state index in [0.29, 0.717) is 0 Å². The van der Waals surface area contributed by atoms with Gasteiger partial charge < -0.3 is 4.74 Å². The number of nitro benzene ring substituents is 1. The first-order valence-electron chi connectivity index (χ1n) is 5.95. The highest BCUT2D eigenvalue weighted by Crippen LogP contribution is 2.32. The number of nitrogens with one attached hydrogen (secondary N) is 1. The molecule has 0 unspecified atom stereocenters. The molecule has 9 heteroatoms. The number of hydrogen-bond acceptors (Lipinski definition) is 5. The highest BCUT2D eigenvalue weighted by atomic mass is 35.5. The molecule has 0 heterocycles. The van der Waals surface area contributed by atoms with Crippen molar-refractivity contribution >= 4 is 33.0 Å². The first-order chi connectivity index (χ1) is 10.3. The Hall–Kier alpha value is -2.32. The number of nitrogens with zero attached hydrogens (tertiary/aromatic N) is 1. The zero-order chi connectivity index (χ0) is 16.3. The molecule has 2 rings (SSSR count). The van der Waals surface area contributed by atoms with Gasteiger partial charge in [0.05, 0.1) is 22.7 Å². The predicted molar refractivity (Wildman–Crippen MR) is 81.9 cm³/mol. The molecule has 0 aliphatic rings. The minimum Gasteiger partial charge on any atom is -0.495 e. The second kappa shape index (κ2) is 6.20. The van der Waals surface area contributed by atoms with Gasteiger partial charge in [0.1, 0.15) is 10.6 Å². The van der Waals surface area contributed by atoms with E-state index in [0.717, 1.165) is 6.07 Å². The number of non-ortho nitro benzene ring substituents is 1. The van der Waals surface area contributed by atoms with Crippen LogP contribution >= 0.6 is 11.6 Å². The molecule has 2 aromatic rings. The van der Waals surface area contributed by atoms with Crippen molar-refractivity contribution in [2.24, 2.45) is 0 Å². The summed E-state index contributed by atoms with van der Waals surface area (Å²) in [7, 11) is -2.68. The molecule has 0 aromatic heterocycles. The molecule has 22 heavy (non-hydrogen) atoms. The van der Waals surface area contributed by atoms with Crippen molar-refractivity contribution in [1.82, 2.24) is 0 Å². The molecule has 0 fully saturated rings. The number of ether oxygens (including phenoxy) is 1. The second-order valence-electron chi connectivity index (χ2n) is 4.18. The van der Waals surface area contributed by atoms with Gasteiger partial charge in [-0.15, -0.1) is 0 Å². The van der Waals surface area contributed by atoms with Crippen LogP contribution in [0.2, 0.25) is 5.02 Å². The Labute approximate surface area is 131 Å².